The van der Waals surface area contributed by atoms with Gasteiger partial charge in [-0.1, -0.05) is 53.5 Å². The summed E-state index contributed by atoms with van der Waals surface area (Å²) < 4.78 is 5.43. The molecule has 2 amide bonds. The molecule has 0 saturated heterocycles. The van der Waals surface area contributed by atoms with E-state index in [-0.39, 0.29) is 6.61 Å². The normalized spacial score (nSPS) is 10.4. The summed E-state index contributed by atoms with van der Waals surface area (Å²) in [6.45, 7) is -0.275. The molecule has 0 saturated carbocycles. The number of nitrogens with one attached hydrogen (secondary N) is 2. The second-order valence-corrected chi connectivity index (χ2v) is 7.38. The molecule has 0 spiro atoms. The minimum Gasteiger partial charge on any atom is -0.484 e. The number of hydrazine groups is 1. The van der Waals surface area contributed by atoms with Crippen LogP contribution >= 0.6 is 23.2 Å². The van der Waals surface area contributed by atoms with Gasteiger partial charge in [-0.25, -0.2) is 0 Å². The minimum atomic E-state index is -0.531. The van der Waals surface area contributed by atoms with E-state index in [1.165, 1.54) is 12.2 Å². The quantitative estimate of drug-likeness (QED) is 0.405. The minimum absolute atomic E-state index is 0.275. The standard InChI is InChI=1S/C24H17Cl2N3O3/c25-20-9-5-19(22(26)13-20)8-12-23(30)28-29-24(31)15-32-21-10-6-18(7-11-21)17-3-1-16(14-27)2-4-17/h1-13H,15H2,(H,28,30)(H,29,31). The first-order valence-corrected chi connectivity index (χ1v) is 10.2. The molecule has 0 aliphatic heterocycles. The molecule has 0 bridgehead atoms. The number of rotatable bonds is 6. The average molecular weight is 466 g/mol. The summed E-state index contributed by atoms with van der Waals surface area (Å²) in [6.07, 6.45) is 2.74. The van der Waals surface area contributed by atoms with Crippen LogP contribution in [-0.2, 0) is 9.59 Å². The van der Waals surface area contributed by atoms with Gasteiger partial charge in [0.05, 0.1) is 11.6 Å². The van der Waals surface area contributed by atoms with Crippen LogP contribution in [0.15, 0.2) is 72.8 Å². The van der Waals surface area contributed by atoms with E-state index < -0.39 is 11.8 Å². The lowest BCUT2D eigenvalue weighted by Gasteiger charge is -2.08. The van der Waals surface area contributed by atoms with E-state index in [4.69, 9.17) is 33.2 Å². The van der Waals surface area contributed by atoms with Gasteiger partial charge in [0.2, 0.25) is 0 Å². The number of carbonyl (C=O) groups is 2. The lowest BCUT2D eigenvalue weighted by molar-refractivity contribution is -0.128. The molecule has 3 aromatic carbocycles. The van der Waals surface area contributed by atoms with E-state index in [0.29, 0.717) is 26.9 Å². The van der Waals surface area contributed by atoms with E-state index in [0.717, 1.165) is 11.1 Å². The van der Waals surface area contributed by atoms with Gasteiger partial charge in [-0.2, -0.15) is 5.26 Å². The van der Waals surface area contributed by atoms with Gasteiger partial charge < -0.3 is 4.74 Å². The van der Waals surface area contributed by atoms with Gasteiger partial charge in [-0.15, -0.1) is 0 Å². The van der Waals surface area contributed by atoms with E-state index in [9.17, 15) is 9.59 Å². The molecule has 0 heterocycles. The summed E-state index contributed by atoms with van der Waals surface area (Å²) in [5, 5.41) is 9.77. The maximum absolute atomic E-state index is 11.9. The summed E-state index contributed by atoms with van der Waals surface area (Å²) in [5.74, 6) is -0.551. The van der Waals surface area contributed by atoms with Crippen molar-refractivity contribution in [3.05, 3.63) is 94.0 Å². The van der Waals surface area contributed by atoms with Crippen molar-refractivity contribution >= 4 is 41.1 Å². The monoisotopic (exact) mass is 465 g/mol. The smallest absolute Gasteiger partial charge is 0.276 e. The molecule has 0 aromatic heterocycles. The third-order valence-electron chi connectivity index (χ3n) is 4.27. The predicted molar refractivity (Wildman–Crippen MR) is 124 cm³/mol. The number of nitriles is 1. The first-order chi connectivity index (χ1) is 15.4. The number of hydrogen-bond donors (Lipinski definition) is 2. The van der Waals surface area contributed by atoms with E-state index in [1.54, 1.807) is 42.5 Å². The number of carbonyl (C=O) groups excluding carboxylic acids is 2. The maximum Gasteiger partial charge on any atom is 0.276 e. The van der Waals surface area contributed by atoms with Crippen molar-refractivity contribution in [1.29, 1.82) is 5.26 Å². The highest BCUT2D eigenvalue weighted by molar-refractivity contribution is 6.35. The molecule has 0 aliphatic rings. The summed E-state index contributed by atoms with van der Waals surface area (Å²) >= 11 is 11.9. The number of halogens is 2. The van der Waals surface area contributed by atoms with Crippen LogP contribution in [0.1, 0.15) is 11.1 Å². The van der Waals surface area contributed by atoms with Gasteiger partial charge >= 0.3 is 0 Å². The summed E-state index contributed by atoms with van der Waals surface area (Å²) in [6, 6.07) is 21.4. The molecule has 0 fully saturated rings. The Morgan fingerprint density at radius 1 is 0.938 bits per heavy atom. The number of nitrogens with zero attached hydrogens (tertiary/aromatic N) is 1. The van der Waals surface area contributed by atoms with Gasteiger partial charge in [-0.05, 0) is 59.2 Å². The fourth-order valence-corrected chi connectivity index (χ4v) is 3.11. The zero-order valence-electron chi connectivity index (χ0n) is 16.6. The van der Waals surface area contributed by atoms with Crippen molar-refractivity contribution in [3.63, 3.8) is 0 Å². The Hall–Kier alpha value is -3.79. The molecule has 32 heavy (non-hydrogen) atoms. The summed E-state index contributed by atoms with van der Waals surface area (Å²) in [4.78, 5) is 23.7. The Morgan fingerprint density at radius 3 is 2.22 bits per heavy atom. The van der Waals surface area contributed by atoms with E-state index in [2.05, 4.69) is 16.9 Å². The number of ether oxygens (including phenoxy) is 1. The zero-order chi connectivity index (χ0) is 22.9. The van der Waals surface area contributed by atoms with Gasteiger partial charge in [0.15, 0.2) is 6.61 Å². The van der Waals surface area contributed by atoms with E-state index >= 15 is 0 Å². The Bertz CT molecular complexity index is 1180. The second-order valence-electron chi connectivity index (χ2n) is 6.54. The van der Waals surface area contributed by atoms with Crippen molar-refractivity contribution in [1.82, 2.24) is 10.9 Å². The first kappa shape index (κ1) is 22.9. The second kappa shape index (κ2) is 11.0. The fraction of sp³-hybridized carbons (Fsp3) is 0.0417. The number of hydrogen-bond acceptors (Lipinski definition) is 4. The van der Waals surface area contributed by atoms with Crippen molar-refractivity contribution in [3.8, 4) is 22.9 Å². The maximum atomic E-state index is 11.9. The molecule has 8 heteroatoms. The molecule has 0 aliphatic carbocycles. The Morgan fingerprint density at radius 2 is 1.59 bits per heavy atom. The van der Waals surface area contributed by atoms with Crippen LogP contribution in [0.4, 0.5) is 0 Å². The van der Waals surface area contributed by atoms with Crippen LogP contribution in [0.2, 0.25) is 10.0 Å². The molecular weight excluding hydrogens is 449 g/mol. The van der Waals surface area contributed by atoms with Crippen LogP contribution in [0, 0.1) is 11.3 Å². The van der Waals surface area contributed by atoms with Gasteiger partial charge in [0.25, 0.3) is 11.8 Å². The SMILES string of the molecule is N#Cc1ccc(-c2ccc(OCC(=O)NNC(=O)C=Cc3ccc(Cl)cc3Cl)cc2)cc1. The van der Waals surface area contributed by atoms with E-state index in [1.807, 2.05) is 24.3 Å². The van der Waals surface area contributed by atoms with Crippen LogP contribution in [0.5, 0.6) is 5.75 Å². The number of amides is 2. The van der Waals surface area contributed by atoms with Gasteiger partial charge in [0.1, 0.15) is 5.75 Å². The summed E-state index contributed by atoms with van der Waals surface area (Å²) in [5.41, 5.74) is 7.65. The van der Waals surface area contributed by atoms with Crippen LogP contribution < -0.4 is 15.6 Å². The van der Waals surface area contributed by atoms with Crippen molar-refractivity contribution in [2.75, 3.05) is 6.61 Å². The van der Waals surface area contributed by atoms with Crippen molar-refractivity contribution < 1.29 is 14.3 Å². The van der Waals surface area contributed by atoms with Gasteiger partial charge in [0, 0.05) is 16.1 Å². The lowest BCUT2D eigenvalue weighted by Crippen LogP contribution is -2.43. The Kier molecular flexibility index (Phi) is 7.87. The highest BCUT2D eigenvalue weighted by Gasteiger charge is 2.05. The number of benzene rings is 3. The van der Waals surface area contributed by atoms with Crippen molar-refractivity contribution in [2.45, 2.75) is 0 Å². The van der Waals surface area contributed by atoms with Gasteiger partial charge in [-0.3, -0.25) is 20.4 Å². The zero-order valence-corrected chi connectivity index (χ0v) is 18.2. The fourth-order valence-electron chi connectivity index (χ4n) is 2.64. The third-order valence-corrected chi connectivity index (χ3v) is 4.84. The molecule has 0 radical (unpaired) electrons. The molecule has 160 valence electrons. The molecule has 3 aromatic rings. The topological polar surface area (TPSA) is 91.2 Å². The third kappa shape index (κ3) is 6.61. The van der Waals surface area contributed by atoms with Crippen molar-refractivity contribution in [2.24, 2.45) is 0 Å². The molecule has 6 nitrogen and oxygen atoms in total. The molecular formula is C24H17Cl2N3O3. The molecule has 3 rings (SSSR count). The molecule has 0 atom stereocenters. The summed E-state index contributed by atoms with van der Waals surface area (Å²) in [7, 11) is 0. The Balaban J connectivity index is 1.44. The predicted octanol–water partition coefficient (Wildman–Crippen LogP) is 4.77. The molecule has 0 unspecified atom stereocenters. The van der Waals surface area contributed by atoms with Crippen LogP contribution in [0.3, 0.4) is 0 Å². The van der Waals surface area contributed by atoms with Crippen LogP contribution in [0.25, 0.3) is 17.2 Å². The largest absolute Gasteiger partial charge is 0.484 e. The first-order valence-electron chi connectivity index (χ1n) is 9.40. The average Bonchev–Trinajstić information content (AvgIpc) is 2.81. The highest BCUT2D eigenvalue weighted by atomic mass is 35.5. The highest BCUT2D eigenvalue weighted by Crippen LogP contribution is 2.23. The van der Waals surface area contributed by atoms with Crippen LogP contribution in [-0.4, -0.2) is 18.4 Å². The Labute approximate surface area is 195 Å². The molecule has 2 N–H and O–H groups in total. The lowest BCUT2D eigenvalue weighted by atomic mass is 10.0.